The van der Waals surface area contributed by atoms with Crippen LogP contribution in [-0.4, -0.2) is 65.4 Å². The first-order valence-electron chi connectivity index (χ1n) is 26.6. The van der Waals surface area contributed by atoms with Gasteiger partial charge in [0.2, 0.25) is 0 Å². The van der Waals surface area contributed by atoms with Crippen LogP contribution in [0.1, 0.15) is 51.8 Å². The van der Waals surface area contributed by atoms with Crippen molar-refractivity contribution in [3.05, 3.63) is 270 Å². The van der Waals surface area contributed by atoms with Crippen molar-refractivity contribution >= 4 is 93.0 Å². The topological polar surface area (TPSA) is 178 Å². The van der Waals surface area contributed by atoms with Crippen LogP contribution < -0.4 is 47.4 Å². The minimum absolute atomic E-state index is 0. The standard InChI is InChI=1S/5C14H11O3S.5FH/c5*1-16-11-4-2-10(3-5-11)14(15)17-12-6-8-13(18)9-7-12;;;;;/h5*2-9H,1H3;5*1H. The summed E-state index contributed by atoms with van der Waals surface area (Å²) in [4.78, 5) is 62.6. The van der Waals surface area contributed by atoms with Crippen molar-refractivity contribution in [3.8, 4) is 57.5 Å². The number of ether oxygens (including phenoxy) is 10. The summed E-state index contributed by atoms with van der Waals surface area (Å²) in [7, 11) is 7.87. The molecule has 0 N–H and O–H groups in total. The van der Waals surface area contributed by atoms with E-state index < -0.39 is 29.8 Å². The van der Waals surface area contributed by atoms with Gasteiger partial charge in [-0.25, -0.2) is 24.0 Å². The smallest absolute Gasteiger partial charge is 0.343 e. The molecule has 10 rings (SSSR count). The molecule has 25 heteroatoms. The summed E-state index contributed by atoms with van der Waals surface area (Å²) < 4.78 is 51.1. The van der Waals surface area contributed by atoms with Crippen molar-refractivity contribution in [1.82, 2.24) is 0 Å². The summed E-state index contributed by atoms with van der Waals surface area (Å²) in [5.74, 6) is 3.82. The third kappa shape index (κ3) is 28.4. The van der Waals surface area contributed by atoms with E-state index in [0.29, 0.717) is 110 Å². The third-order valence-electron chi connectivity index (χ3n) is 11.8. The predicted octanol–water partition coefficient (Wildman–Crippen LogP) is 18.1. The van der Waals surface area contributed by atoms with Crippen LogP contribution in [0.15, 0.2) is 267 Å². The first-order chi connectivity index (χ1) is 43.4. The fourth-order valence-electron chi connectivity index (χ4n) is 7.00. The zero-order chi connectivity index (χ0) is 64.8. The van der Waals surface area contributed by atoms with Crippen LogP contribution in [0.25, 0.3) is 0 Å². The molecule has 15 nitrogen and oxygen atoms in total. The quantitative estimate of drug-likeness (QED) is 0.0537. The lowest BCUT2D eigenvalue weighted by atomic mass is 10.2. The van der Waals surface area contributed by atoms with Gasteiger partial charge in [0.25, 0.3) is 0 Å². The van der Waals surface area contributed by atoms with Gasteiger partial charge in [0.15, 0.2) is 0 Å². The maximum Gasteiger partial charge on any atom is 0.343 e. The average molecular weight is 1400 g/mol. The highest BCUT2D eigenvalue weighted by molar-refractivity contribution is 7.81. The Morgan fingerprint density at radius 3 is 0.400 bits per heavy atom. The highest BCUT2D eigenvalue weighted by atomic mass is 32.1. The monoisotopic (exact) mass is 1400 g/mol. The van der Waals surface area contributed by atoms with E-state index in [4.69, 9.17) is 111 Å². The van der Waals surface area contributed by atoms with Crippen molar-refractivity contribution < 1.29 is 94.9 Å². The molecule has 495 valence electrons. The molecule has 10 aromatic carbocycles. The summed E-state index contributed by atoms with van der Waals surface area (Å²) in [5, 5.41) is 0. The summed E-state index contributed by atoms with van der Waals surface area (Å²) in [6, 6.07) is 67.5. The first kappa shape index (κ1) is 82.3. The molecule has 0 saturated heterocycles. The van der Waals surface area contributed by atoms with Crippen LogP contribution in [0.2, 0.25) is 0 Å². The summed E-state index contributed by atoms with van der Waals surface area (Å²) in [6.45, 7) is 0. The minimum atomic E-state index is -0.408. The van der Waals surface area contributed by atoms with Gasteiger partial charge < -0.3 is 47.4 Å². The molecular weight excluding hydrogens is 1340 g/mol. The van der Waals surface area contributed by atoms with Gasteiger partial charge >= 0.3 is 29.8 Å². The Balaban J connectivity index is 0.000000586. The largest absolute Gasteiger partial charge is 0.497 e. The van der Waals surface area contributed by atoms with Crippen molar-refractivity contribution in [2.45, 2.75) is 24.5 Å². The molecule has 0 unspecified atom stereocenters. The van der Waals surface area contributed by atoms with Crippen molar-refractivity contribution in [2.24, 2.45) is 0 Å². The van der Waals surface area contributed by atoms with Gasteiger partial charge in [-0.2, -0.15) is 0 Å². The molecule has 0 heterocycles. The molecule has 10 aromatic rings. The molecule has 5 radical (unpaired) electrons. The molecule has 0 spiro atoms. The Morgan fingerprint density at radius 1 is 0.189 bits per heavy atom. The number of methoxy groups -OCH3 is 5. The fraction of sp³-hybridized carbons (Fsp3) is 0.0714. The van der Waals surface area contributed by atoms with E-state index in [-0.39, 0.29) is 23.5 Å². The van der Waals surface area contributed by atoms with E-state index in [1.165, 1.54) is 0 Å². The van der Waals surface area contributed by atoms with Gasteiger partial charge in [-0.15, -0.1) is 0 Å². The van der Waals surface area contributed by atoms with E-state index >= 15 is 0 Å². The zero-order valence-electron chi connectivity index (χ0n) is 50.8. The molecule has 0 aliphatic rings. The molecule has 0 bridgehead atoms. The van der Waals surface area contributed by atoms with E-state index in [9.17, 15) is 24.0 Å². The normalized spacial score (nSPS) is 9.32. The Morgan fingerprint density at radius 2 is 0.295 bits per heavy atom. The second-order valence-corrected chi connectivity index (χ2v) is 20.3. The fourth-order valence-corrected chi connectivity index (χ4v) is 7.68. The van der Waals surface area contributed by atoms with Crippen molar-refractivity contribution in [3.63, 3.8) is 0 Å². The van der Waals surface area contributed by atoms with Crippen LogP contribution in [0.5, 0.6) is 57.5 Å². The van der Waals surface area contributed by atoms with Gasteiger partial charge in [0.1, 0.15) is 57.5 Å². The molecule has 95 heavy (non-hydrogen) atoms. The Kier molecular flexibility index (Phi) is 37.4. The maximum absolute atomic E-state index is 11.8. The highest BCUT2D eigenvalue weighted by Crippen LogP contribution is 2.23. The lowest BCUT2D eigenvalue weighted by Gasteiger charge is -2.05. The molecule has 0 atom stereocenters. The number of benzene rings is 10. The van der Waals surface area contributed by atoms with Crippen molar-refractivity contribution in [2.75, 3.05) is 35.5 Å². The van der Waals surface area contributed by atoms with Crippen molar-refractivity contribution in [1.29, 1.82) is 0 Å². The second-order valence-electron chi connectivity index (χ2n) is 17.9. The predicted molar refractivity (Wildman–Crippen MR) is 364 cm³/mol. The Hall–Kier alpha value is -10.7. The Labute approximate surface area is 572 Å². The number of hydrogen-bond donors (Lipinski definition) is 0. The maximum atomic E-state index is 11.8. The molecule has 0 aliphatic carbocycles. The second kappa shape index (κ2) is 43.2. The van der Waals surface area contributed by atoms with Gasteiger partial charge in [-0.05, 0) is 243 Å². The van der Waals surface area contributed by atoms with Gasteiger partial charge in [-0.3, -0.25) is 23.5 Å². The molecular formula is C70H60F5O15S5. The highest BCUT2D eigenvalue weighted by Gasteiger charge is 2.13. The SMILES string of the molecule is COc1ccc(C(=O)Oc2ccc([S])cc2)cc1.COc1ccc(C(=O)Oc2ccc([S])cc2)cc1.COc1ccc(C(=O)Oc2ccc([S])cc2)cc1.COc1ccc(C(=O)Oc2ccc([S])cc2)cc1.COc1ccc(C(=O)Oc2ccc([S])cc2)cc1.F.F.F.F.F. The van der Waals surface area contributed by atoms with E-state index in [1.54, 1.807) is 278 Å². The first-order valence-corrected chi connectivity index (χ1v) is 28.6. The van der Waals surface area contributed by atoms with Crippen LogP contribution in [0.3, 0.4) is 0 Å². The minimum Gasteiger partial charge on any atom is -0.497 e. The lowest BCUT2D eigenvalue weighted by molar-refractivity contribution is 0.0725. The van der Waals surface area contributed by atoms with Gasteiger partial charge in [-0.1, -0.05) is 63.1 Å². The molecule has 0 saturated carbocycles. The summed E-state index contributed by atoms with van der Waals surface area (Å²) >= 11 is 24.8. The number of carbonyl (C=O) groups is 5. The number of hydrogen-bond acceptors (Lipinski definition) is 15. The molecule has 0 aliphatic heterocycles. The van der Waals surface area contributed by atoms with Gasteiger partial charge in [0, 0.05) is 24.5 Å². The molecule has 0 fully saturated rings. The zero-order valence-corrected chi connectivity index (χ0v) is 54.9. The van der Waals surface area contributed by atoms with E-state index in [1.807, 2.05) is 0 Å². The third-order valence-corrected chi connectivity index (χ3v) is 13.2. The average Bonchev–Trinajstić information content (AvgIpc) is 1.47. The number of carbonyl (C=O) groups excluding carboxylic acids is 5. The van der Waals surface area contributed by atoms with E-state index in [2.05, 4.69) is 0 Å². The van der Waals surface area contributed by atoms with Crippen LogP contribution >= 0.6 is 63.1 Å². The van der Waals surface area contributed by atoms with E-state index in [0.717, 1.165) is 0 Å². The van der Waals surface area contributed by atoms with Crippen LogP contribution in [0.4, 0.5) is 23.5 Å². The molecule has 0 aromatic heterocycles. The van der Waals surface area contributed by atoms with Gasteiger partial charge in [0.05, 0.1) is 63.4 Å². The lowest BCUT2D eigenvalue weighted by Crippen LogP contribution is -2.08. The van der Waals surface area contributed by atoms with Crippen LogP contribution in [-0.2, 0) is 0 Å². The van der Waals surface area contributed by atoms with Crippen LogP contribution in [0, 0.1) is 0 Å². The number of esters is 5. The number of rotatable bonds is 15. The summed E-state index contributed by atoms with van der Waals surface area (Å²) in [5.41, 5.74) is 2.35. The summed E-state index contributed by atoms with van der Waals surface area (Å²) in [6.07, 6.45) is 0. The number of halogens is 5. The Bertz CT molecular complexity index is 3290. The molecule has 0 amide bonds.